The van der Waals surface area contributed by atoms with Gasteiger partial charge in [-0.3, -0.25) is 4.79 Å². The Hall–Kier alpha value is -2.02. The molecular formula is C22H28Cl2FN3O2. The van der Waals surface area contributed by atoms with Gasteiger partial charge in [-0.2, -0.15) is 0 Å². The minimum atomic E-state index is -0.237. The highest BCUT2D eigenvalue weighted by atomic mass is 35.5. The molecule has 0 saturated carbocycles. The second-order valence-corrected chi connectivity index (χ2v) is 7.47. The largest absolute Gasteiger partial charge is 0.496 e. The first-order valence-electron chi connectivity index (χ1n) is 9.86. The lowest BCUT2D eigenvalue weighted by molar-refractivity contribution is -0.116. The van der Waals surface area contributed by atoms with E-state index in [0.717, 1.165) is 60.6 Å². The van der Waals surface area contributed by atoms with Crippen molar-refractivity contribution in [3.63, 3.8) is 0 Å². The maximum absolute atomic E-state index is 13.5. The Labute approximate surface area is 189 Å². The smallest absolute Gasteiger partial charge is 0.224 e. The SMILES string of the molecule is COc1cc2c(cc1CN(c1ccc(F)cc1)C1CCCNC1)NC(=O)CC2.Cl.Cl. The Balaban J connectivity index is 0.00000160. The van der Waals surface area contributed by atoms with E-state index < -0.39 is 0 Å². The number of fused-ring (bicyclic) bond motifs is 1. The van der Waals surface area contributed by atoms with Crippen LogP contribution >= 0.6 is 24.8 Å². The zero-order chi connectivity index (χ0) is 19.5. The van der Waals surface area contributed by atoms with Crippen molar-refractivity contribution < 1.29 is 13.9 Å². The number of amides is 1. The van der Waals surface area contributed by atoms with Gasteiger partial charge in [-0.05, 0) is 67.8 Å². The molecule has 0 spiro atoms. The number of piperidine rings is 1. The number of halogens is 3. The molecule has 0 bridgehead atoms. The molecule has 4 rings (SSSR count). The number of nitrogens with one attached hydrogen (secondary N) is 2. The molecule has 164 valence electrons. The molecule has 8 heteroatoms. The molecule has 1 unspecified atom stereocenters. The third kappa shape index (κ3) is 5.36. The number of hydrogen-bond donors (Lipinski definition) is 2. The average molecular weight is 456 g/mol. The summed E-state index contributed by atoms with van der Waals surface area (Å²) in [7, 11) is 1.68. The van der Waals surface area contributed by atoms with Gasteiger partial charge in [0.2, 0.25) is 5.91 Å². The fourth-order valence-corrected chi connectivity index (χ4v) is 4.11. The van der Waals surface area contributed by atoms with Crippen LogP contribution in [0.2, 0.25) is 0 Å². The molecule has 1 saturated heterocycles. The molecule has 2 aromatic rings. The number of carbonyl (C=O) groups excluding carboxylic acids is 1. The highest BCUT2D eigenvalue weighted by molar-refractivity contribution is 5.94. The molecule has 0 radical (unpaired) electrons. The first-order chi connectivity index (χ1) is 13.6. The van der Waals surface area contributed by atoms with Gasteiger partial charge in [0.15, 0.2) is 0 Å². The molecule has 0 aromatic heterocycles. The number of hydrogen-bond acceptors (Lipinski definition) is 4. The summed E-state index contributed by atoms with van der Waals surface area (Å²) in [6.07, 6.45) is 3.42. The molecule has 2 heterocycles. The molecule has 2 N–H and O–H groups in total. The van der Waals surface area contributed by atoms with Crippen LogP contribution in [0.15, 0.2) is 36.4 Å². The van der Waals surface area contributed by atoms with Crippen LogP contribution in [0.25, 0.3) is 0 Å². The van der Waals surface area contributed by atoms with E-state index in [1.54, 1.807) is 7.11 Å². The molecule has 1 atom stereocenters. The lowest BCUT2D eigenvalue weighted by atomic mass is 9.98. The van der Waals surface area contributed by atoms with Crippen LogP contribution in [-0.4, -0.2) is 32.1 Å². The summed E-state index contributed by atoms with van der Waals surface area (Å²) in [5.41, 5.74) is 3.97. The van der Waals surface area contributed by atoms with Gasteiger partial charge < -0.3 is 20.3 Å². The molecule has 0 aliphatic carbocycles. The maximum Gasteiger partial charge on any atom is 0.224 e. The van der Waals surface area contributed by atoms with Crippen LogP contribution in [0.1, 0.15) is 30.4 Å². The summed E-state index contributed by atoms with van der Waals surface area (Å²) in [6.45, 7) is 2.55. The lowest BCUT2D eigenvalue weighted by Crippen LogP contribution is -2.46. The predicted molar refractivity (Wildman–Crippen MR) is 123 cm³/mol. The number of nitrogens with zero attached hydrogens (tertiary/aromatic N) is 1. The van der Waals surface area contributed by atoms with Crippen molar-refractivity contribution in [2.75, 3.05) is 30.4 Å². The average Bonchev–Trinajstić information content (AvgIpc) is 2.72. The molecule has 2 aliphatic rings. The highest BCUT2D eigenvalue weighted by Gasteiger charge is 2.24. The topological polar surface area (TPSA) is 53.6 Å². The number of ether oxygens (including phenoxy) is 1. The fraction of sp³-hybridized carbons (Fsp3) is 0.409. The van der Waals surface area contributed by atoms with E-state index in [2.05, 4.69) is 15.5 Å². The zero-order valence-electron chi connectivity index (χ0n) is 16.9. The van der Waals surface area contributed by atoms with Gasteiger partial charge in [0.1, 0.15) is 11.6 Å². The van der Waals surface area contributed by atoms with Crippen molar-refractivity contribution >= 4 is 42.1 Å². The van der Waals surface area contributed by atoms with E-state index in [1.165, 1.54) is 12.1 Å². The quantitative estimate of drug-likeness (QED) is 0.704. The number of anilines is 2. The third-order valence-electron chi connectivity index (χ3n) is 5.61. The predicted octanol–water partition coefficient (Wildman–Crippen LogP) is 4.32. The lowest BCUT2D eigenvalue weighted by Gasteiger charge is -2.37. The Bertz CT molecular complexity index is 858. The van der Waals surface area contributed by atoms with Crippen molar-refractivity contribution in [1.82, 2.24) is 5.32 Å². The summed E-state index contributed by atoms with van der Waals surface area (Å²) < 4.78 is 19.1. The molecule has 5 nitrogen and oxygen atoms in total. The number of methoxy groups -OCH3 is 1. The first-order valence-corrected chi connectivity index (χ1v) is 9.86. The summed E-state index contributed by atoms with van der Waals surface area (Å²) in [5.74, 6) is 0.640. The fourth-order valence-electron chi connectivity index (χ4n) is 4.11. The molecule has 1 fully saturated rings. The Morgan fingerprint density at radius 3 is 2.60 bits per heavy atom. The molecular weight excluding hydrogens is 428 g/mol. The summed E-state index contributed by atoms with van der Waals surface area (Å²) in [4.78, 5) is 14.1. The van der Waals surface area contributed by atoms with Crippen molar-refractivity contribution in [3.8, 4) is 5.75 Å². The van der Waals surface area contributed by atoms with E-state index in [-0.39, 0.29) is 36.5 Å². The summed E-state index contributed by atoms with van der Waals surface area (Å²) in [6, 6.07) is 11.0. The molecule has 2 aliphatic heterocycles. The summed E-state index contributed by atoms with van der Waals surface area (Å²) in [5, 5.41) is 6.44. The van der Waals surface area contributed by atoms with Crippen LogP contribution in [-0.2, 0) is 17.8 Å². The van der Waals surface area contributed by atoms with E-state index >= 15 is 0 Å². The van der Waals surface area contributed by atoms with Crippen LogP contribution in [0.5, 0.6) is 5.75 Å². The Morgan fingerprint density at radius 2 is 1.93 bits per heavy atom. The van der Waals surface area contributed by atoms with E-state index in [0.29, 0.717) is 19.0 Å². The molecule has 30 heavy (non-hydrogen) atoms. The van der Waals surface area contributed by atoms with Gasteiger partial charge in [-0.15, -0.1) is 24.8 Å². The van der Waals surface area contributed by atoms with E-state index in [4.69, 9.17) is 4.74 Å². The van der Waals surface area contributed by atoms with Gasteiger partial charge in [-0.25, -0.2) is 4.39 Å². The minimum Gasteiger partial charge on any atom is -0.496 e. The first kappa shape index (κ1) is 24.3. The Kier molecular flexibility index (Phi) is 8.77. The standard InChI is InChI=1S/C22H26FN3O2.2ClH/c1-28-21-12-15-4-9-22(27)25-20(15)11-16(21)14-26(19-3-2-10-24-13-19)18-7-5-17(23)6-8-18;;/h5-8,11-12,19,24H,2-4,9-10,13-14H2,1H3,(H,25,27);2*1H. The van der Waals surface area contributed by atoms with Gasteiger partial charge in [0, 0.05) is 42.5 Å². The number of rotatable bonds is 5. The van der Waals surface area contributed by atoms with Crippen molar-refractivity contribution in [3.05, 3.63) is 53.3 Å². The van der Waals surface area contributed by atoms with Crippen LogP contribution in [0.3, 0.4) is 0 Å². The van der Waals surface area contributed by atoms with Crippen LogP contribution in [0, 0.1) is 5.82 Å². The highest BCUT2D eigenvalue weighted by Crippen LogP contribution is 2.33. The second-order valence-electron chi connectivity index (χ2n) is 7.47. The van der Waals surface area contributed by atoms with E-state index in [9.17, 15) is 9.18 Å². The van der Waals surface area contributed by atoms with Gasteiger partial charge in [-0.1, -0.05) is 0 Å². The van der Waals surface area contributed by atoms with Crippen molar-refractivity contribution in [1.29, 1.82) is 0 Å². The Morgan fingerprint density at radius 1 is 1.17 bits per heavy atom. The normalized spacial score (nSPS) is 17.7. The number of aryl methyl sites for hydroxylation is 1. The number of benzene rings is 2. The van der Waals surface area contributed by atoms with Crippen molar-refractivity contribution in [2.45, 2.75) is 38.3 Å². The van der Waals surface area contributed by atoms with Gasteiger partial charge in [0.25, 0.3) is 0 Å². The van der Waals surface area contributed by atoms with Crippen LogP contribution < -0.4 is 20.3 Å². The second kappa shape index (κ2) is 10.8. The zero-order valence-corrected chi connectivity index (χ0v) is 18.6. The number of carbonyl (C=O) groups is 1. The monoisotopic (exact) mass is 455 g/mol. The minimum absolute atomic E-state index is 0. The van der Waals surface area contributed by atoms with Gasteiger partial charge >= 0.3 is 0 Å². The van der Waals surface area contributed by atoms with Gasteiger partial charge in [0.05, 0.1) is 7.11 Å². The van der Waals surface area contributed by atoms with E-state index in [1.807, 2.05) is 24.3 Å². The third-order valence-corrected chi connectivity index (χ3v) is 5.61. The summed E-state index contributed by atoms with van der Waals surface area (Å²) >= 11 is 0. The van der Waals surface area contributed by atoms with Crippen LogP contribution in [0.4, 0.5) is 15.8 Å². The van der Waals surface area contributed by atoms with Crippen molar-refractivity contribution in [2.24, 2.45) is 0 Å². The molecule has 1 amide bonds. The maximum atomic E-state index is 13.5. The molecule has 2 aromatic carbocycles.